The van der Waals surface area contributed by atoms with Crippen LogP contribution < -0.4 is 10.5 Å². The van der Waals surface area contributed by atoms with Gasteiger partial charge in [-0.25, -0.2) is 0 Å². The number of aliphatic hydroxyl groups excluding tert-OH is 1. The number of carbonyl (C=O) groups is 1. The molecule has 1 aliphatic carbocycles. The van der Waals surface area contributed by atoms with Gasteiger partial charge in [-0.15, -0.1) is 0 Å². The van der Waals surface area contributed by atoms with E-state index >= 15 is 0 Å². The topological polar surface area (TPSA) is 105 Å². The second-order valence-corrected chi connectivity index (χ2v) is 11.1. The molecule has 0 amide bonds. The standard InChI is InChI=1S/C31H44N2O5/c1-3-37-18-9-8-16-31(36,25-13-5-7-15-29(25)38-28-14-6-4-11-23(28)2)24-12-10-17-33(21-24)30(22-34)19-26(32)27(35)20-30/h4-7,11,13-15,22,24,26-27,35-36H,3,8-10,12,16-21,32H2,1-2H3/t24-,26-,27+,30+,31+/m1/s1. The number of para-hydroxylation sites is 2. The predicted octanol–water partition coefficient (Wildman–Crippen LogP) is 4.31. The first-order valence-electron chi connectivity index (χ1n) is 14.1. The maximum Gasteiger partial charge on any atom is 0.140 e. The number of hydrogen-bond donors (Lipinski definition) is 3. The zero-order valence-corrected chi connectivity index (χ0v) is 22.9. The normalized spacial score (nSPS) is 27.7. The molecular formula is C31H44N2O5. The predicted molar refractivity (Wildman–Crippen MR) is 148 cm³/mol. The summed E-state index contributed by atoms with van der Waals surface area (Å²) in [5.41, 5.74) is 6.00. The molecule has 1 saturated heterocycles. The number of unbranched alkanes of at least 4 members (excludes halogenated alkanes) is 1. The molecule has 0 aromatic heterocycles. The van der Waals surface area contributed by atoms with Gasteiger partial charge in [0.25, 0.3) is 0 Å². The first kappa shape index (κ1) is 28.7. The van der Waals surface area contributed by atoms with Crippen molar-refractivity contribution in [1.82, 2.24) is 4.90 Å². The molecule has 4 N–H and O–H groups in total. The van der Waals surface area contributed by atoms with Gasteiger partial charge >= 0.3 is 0 Å². The number of benzene rings is 2. The Morgan fingerprint density at radius 2 is 1.87 bits per heavy atom. The maximum atomic E-state index is 12.6. The zero-order valence-electron chi connectivity index (χ0n) is 22.9. The number of nitrogens with two attached hydrogens (primary N) is 1. The van der Waals surface area contributed by atoms with Crippen LogP contribution in [0.15, 0.2) is 48.5 Å². The largest absolute Gasteiger partial charge is 0.457 e. The van der Waals surface area contributed by atoms with E-state index < -0.39 is 23.3 Å². The minimum atomic E-state index is -1.16. The van der Waals surface area contributed by atoms with Crippen molar-refractivity contribution in [2.45, 2.75) is 82.1 Å². The number of piperidine rings is 1. The first-order chi connectivity index (χ1) is 18.3. The molecule has 208 valence electrons. The highest BCUT2D eigenvalue weighted by molar-refractivity contribution is 5.65. The van der Waals surface area contributed by atoms with E-state index in [0.29, 0.717) is 44.8 Å². The molecule has 1 aliphatic heterocycles. The number of rotatable bonds is 12. The maximum absolute atomic E-state index is 12.6. The number of likely N-dealkylation sites (tertiary alicyclic amines) is 1. The smallest absolute Gasteiger partial charge is 0.140 e. The van der Waals surface area contributed by atoms with Gasteiger partial charge in [0.05, 0.1) is 17.2 Å². The number of nitrogens with zero attached hydrogens (tertiary/aromatic N) is 1. The molecule has 0 radical (unpaired) electrons. The van der Waals surface area contributed by atoms with E-state index in [1.807, 2.05) is 62.4 Å². The van der Waals surface area contributed by atoms with Crippen molar-refractivity contribution < 1.29 is 24.5 Å². The van der Waals surface area contributed by atoms with E-state index in [2.05, 4.69) is 4.90 Å². The van der Waals surface area contributed by atoms with Gasteiger partial charge in [0.15, 0.2) is 0 Å². The lowest BCUT2D eigenvalue weighted by Gasteiger charge is -2.47. The molecule has 0 spiro atoms. The van der Waals surface area contributed by atoms with Crippen molar-refractivity contribution in [3.05, 3.63) is 59.7 Å². The minimum Gasteiger partial charge on any atom is -0.457 e. The second kappa shape index (κ2) is 12.7. The Bertz CT molecular complexity index is 1050. The third-order valence-electron chi connectivity index (χ3n) is 8.56. The average molecular weight is 525 g/mol. The SMILES string of the molecule is CCOCCCC[C@@](O)(c1ccccc1Oc1ccccc1C)[C@@H]1CCCN([C@@]2(C=O)C[C@@H](N)[C@@H](O)C2)C1. The molecule has 7 nitrogen and oxygen atoms in total. The van der Waals surface area contributed by atoms with Crippen LogP contribution in [0.5, 0.6) is 11.5 Å². The quantitative estimate of drug-likeness (QED) is 0.281. The van der Waals surface area contributed by atoms with Crippen LogP contribution in [0.2, 0.25) is 0 Å². The number of aryl methyl sites for hydroxylation is 1. The summed E-state index contributed by atoms with van der Waals surface area (Å²) < 4.78 is 12.0. The monoisotopic (exact) mass is 524 g/mol. The molecule has 0 bridgehead atoms. The third-order valence-corrected chi connectivity index (χ3v) is 8.56. The Morgan fingerprint density at radius 1 is 1.13 bits per heavy atom. The summed E-state index contributed by atoms with van der Waals surface area (Å²) >= 11 is 0. The fourth-order valence-corrected chi connectivity index (χ4v) is 6.35. The number of aliphatic hydroxyl groups is 2. The van der Waals surface area contributed by atoms with Crippen LogP contribution in [0.4, 0.5) is 0 Å². The van der Waals surface area contributed by atoms with Gasteiger partial charge in [0.1, 0.15) is 17.8 Å². The van der Waals surface area contributed by atoms with E-state index in [-0.39, 0.29) is 5.92 Å². The lowest BCUT2D eigenvalue weighted by molar-refractivity contribution is -0.125. The van der Waals surface area contributed by atoms with E-state index in [9.17, 15) is 15.0 Å². The number of carbonyl (C=O) groups excluding carboxylic acids is 1. The lowest BCUT2D eigenvalue weighted by Crippen LogP contribution is -2.56. The summed E-state index contributed by atoms with van der Waals surface area (Å²) in [4.78, 5) is 14.6. The molecule has 7 heteroatoms. The highest BCUT2D eigenvalue weighted by atomic mass is 16.5. The van der Waals surface area contributed by atoms with Crippen LogP contribution >= 0.6 is 0 Å². The second-order valence-electron chi connectivity index (χ2n) is 11.1. The van der Waals surface area contributed by atoms with Gasteiger partial charge in [0, 0.05) is 43.7 Å². The van der Waals surface area contributed by atoms with Gasteiger partial charge in [-0.2, -0.15) is 0 Å². The van der Waals surface area contributed by atoms with Crippen LogP contribution in [0.3, 0.4) is 0 Å². The molecule has 0 unspecified atom stereocenters. The summed E-state index contributed by atoms with van der Waals surface area (Å²) in [7, 11) is 0. The first-order valence-corrected chi connectivity index (χ1v) is 14.1. The Morgan fingerprint density at radius 3 is 2.55 bits per heavy atom. The number of hydrogen-bond acceptors (Lipinski definition) is 7. The van der Waals surface area contributed by atoms with Crippen molar-refractivity contribution in [2.75, 3.05) is 26.3 Å². The van der Waals surface area contributed by atoms with Gasteiger partial charge in [0.2, 0.25) is 0 Å². The van der Waals surface area contributed by atoms with E-state index in [1.165, 1.54) is 0 Å². The molecule has 2 fully saturated rings. The van der Waals surface area contributed by atoms with Crippen molar-refractivity contribution in [1.29, 1.82) is 0 Å². The van der Waals surface area contributed by atoms with Crippen LogP contribution in [0.1, 0.15) is 63.0 Å². The van der Waals surface area contributed by atoms with Crippen LogP contribution in [0, 0.1) is 12.8 Å². The molecular weight excluding hydrogens is 480 g/mol. The zero-order chi connectivity index (χ0) is 27.2. The van der Waals surface area contributed by atoms with Crippen molar-refractivity contribution >= 4 is 6.29 Å². The highest BCUT2D eigenvalue weighted by Gasteiger charge is 2.51. The molecule has 5 atom stereocenters. The fourth-order valence-electron chi connectivity index (χ4n) is 6.35. The fraction of sp³-hybridized carbons (Fsp3) is 0.581. The van der Waals surface area contributed by atoms with Crippen LogP contribution in [0.25, 0.3) is 0 Å². The number of aldehydes is 1. The third kappa shape index (κ3) is 6.13. The van der Waals surface area contributed by atoms with Crippen LogP contribution in [-0.4, -0.2) is 65.4 Å². The Hall–Kier alpha value is -2.29. The minimum absolute atomic E-state index is 0.115. The molecule has 1 saturated carbocycles. The Kier molecular flexibility index (Phi) is 9.60. The summed E-state index contributed by atoms with van der Waals surface area (Å²) in [6, 6.07) is 15.2. The van der Waals surface area contributed by atoms with Crippen molar-refractivity contribution in [3.63, 3.8) is 0 Å². The lowest BCUT2D eigenvalue weighted by atomic mass is 9.73. The highest BCUT2D eigenvalue weighted by Crippen LogP contribution is 2.46. The molecule has 38 heavy (non-hydrogen) atoms. The van der Waals surface area contributed by atoms with E-state index in [1.54, 1.807) is 0 Å². The molecule has 1 heterocycles. The molecule has 2 aromatic rings. The Balaban J connectivity index is 1.65. The van der Waals surface area contributed by atoms with Gasteiger partial charge in [-0.05, 0) is 76.6 Å². The summed E-state index contributed by atoms with van der Waals surface area (Å²) in [5.74, 6) is 1.29. The van der Waals surface area contributed by atoms with E-state index in [0.717, 1.165) is 55.4 Å². The van der Waals surface area contributed by atoms with Crippen molar-refractivity contribution in [3.8, 4) is 11.5 Å². The van der Waals surface area contributed by atoms with Gasteiger partial charge in [-0.1, -0.05) is 36.4 Å². The Labute approximate surface area is 226 Å². The molecule has 4 rings (SSSR count). The van der Waals surface area contributed by atoms with Gasteiger partial charge in [-0.3, -0.25) is 4.90 Å². The van der Waals surface area contributed by atoms with Crippen LogP contribution in [-0.2, 0) is 15.1 Å². The summed E-state index contributed by atoms with van der Waals surface area (Å²) in [6.45, 7) is 6.64. The summed E-state index contributed by atoms with van der Waals surface area (Å²) in [5, 5.41) is 23.0. The summed E-state index contributed by atoms with van der Waals surface area (Å²) in [6.07, 6.45) is 4.95. The molecule has 2 aliphatic rings. The molecule has 2 aromatic carbocycles. The number of ether oxygens (including phenoxy) is 2. The van der Waals surface area contributed by atoms with Gasteiger partial charge < -0.3 is 30.2 Å². The van der Waals surface area contributed by atoms with E-state index in [4.69, 9.17) is 15.2 Å². The average Bonchev–Trinajstić information content (AvgIpc) is 3.24. The van der Waals surface area contributed by atoms with Crippen molar-refractivity contribution in [2.24, 2.45) is 11.7 Å².